The summed E-state index contributed by atoms with van der Waals surface area (Å²) in [6.45, 7) is 2.00. The molecule has 0 radical (unpaired) electrons. The highest BCUT2D eigenvalue weighted by Gasteiger charge is 2.14. The van der Waals surface area contributed by atoms with Crippen LogP contribution >= 0.6 is 0 Å². The lowest BCUT2D eigenvalue weighted by Crippen LogP contribution is -2.20. The zero-order chi connectivity index (χ0) is 16.4. The van der Waals surface area contributed by atoms with E-state index in [9.17, 15) is 4.79 Å². The molecule has 1 heterocycles. The number of benzene rings is 2. The van der Waals surface area contributed by atoms with Crippen LogP contribution in [-0.4, -0.2) is 30.0 Å². The van der Waals surface area contributed by atoms with Gasteiger partial charge in [0.05, 0.1) is 31.6 Å². The largest absolute Gasteiger partial charge is 0.497 e. The molecular formula is C17H17N3O3. The van der Waals surface area contributed by atoms with Crippen LogP contribution in [0.2, 0.25) is 0 Å². The van der Waals surface area contributed by atoms with Crippen LogP contribution in [0.1, 0.15) is 5.56 Å². The van der Waals surface area contributed by atoms with Crippen molar-refractivity contribution in [2.75, 3.05) is 19.5 Å². The van der Waals surface area contributed by atoms with Gasteiger partial charge in [-0.1, -0.05) is 11.6 Å². The number of hydrogen-bond acceptors (Lipinski definition) is 4. The Hall–Kier alpha value is -3.02. The fourth-order valence-electron chi connectivity index (χ4n) is 2.39. The van der Waals surface area contributed by atoms with E-state index in [1.54, 1.807) is 38.6 Å². The van der Waals surface area contributed by atoms with E-state index in [1.165, 1.54) is 4.68 Å². The van der Waals surface area contributed by atoms with Gasteiger partial charge in [-0.25, -0.2) is 4.79 Å². The van der Waals surface area contributed by atoms with Crippen LogP contribution < -0.4 is 14.8 Å². The third-order valence-electron chi connectivity index (χ3n) is 3.56. The number of hydrogen-bond donors (Lipinski definition) is 1. The molecule has 1 aromatic heterocycles. The van der Waals surface area contributed by atoms with Crippen molar-refractivity contribution < 1.29 is 14.3 Å². The van der Waals surface area contributed by atoms with Gasteiger partial charge in [-0.05, 0) is 31.2 Å². The number of nitrogens with one attached hydrogen (secondary N) is 1. The molecule has 0 fully saturated rings. The van der Waals surface area contributed by atoms with E-state index in [0.717, 1.165) is 16.5 Å². The molecular weight excluding hydrogens is 294 g/mol. The molecule has 118 valence electrons. The number of methoxy groups -OCH3 is 2. The molecule has 0 saturated carbocycles. The minimum absolute atomic E-state index is 0.365. The highest BCUT2D eigenvalue weighted by Crippen LogP contribution is 2.29. The van der Waals surface area contributed by atoms with Gasteiger partial charge in [0.25, 0.3) is 0 Å². The van der Waals surface area contributed by atoms with Crippen LogP contribution in [-0.2, 0) is 0 Å². The summed E-state index contributed by atoms with van der Waals surface area (Å²) in [5.74, 6) is 1.17. The van der Waals surface area contributed by atoms with Crippen LogP contribution in [0.5, 0.6) is 11.5 Å². The Bertz CT molecular complexity index is 871. The number of anilines is 1. The maximum atomic E-state index is 12.5. The van der Waals surface area contributed by atoms with Gasteiger partial charge in [-0.3, -0.25) is 0 Å². The molecule has 6 heteroatoms. The topological polar surface area (TPSA) is 65.4 Å². The Balaban J connectivity index is 1.94. The average molecular weight is 311 g/mol. The van der Waals surface area contributed by atoms with Gasteiger partial charge in [0.2, 0.25) is 0 Å². The van der Waals surface area contributed by atoms with Crippen molar-refractivity contribution in [3.8, 4) is 11.5 Å². The van der Waals surface area contributed by atoms with Crippen molar-refractivity contribution in [1.82, 2.24) is 9.78 Å². The smallest absolute Gasteiger partial charge is 0.347 e. The molecule has 6 nitrogen and oxygen atoms in total. The minimum Gasteiger partial charge on any atom is -0.497 e. The summed E-state index contributed by atoms with van der Waals surface area (Å²) in [5.41, 5.74) is 2.38. The number of ether oxygens (including phenoxy) is 2. The molecule has 0 aliphatic carbocycles. The van der Waals surface area contributed by atoms with E-state index >= 15 is 0 Å². The molecule has 0 atom stereocenters. The van der Waals surface area contributed by atoms with Gasteiger partial charge in [-0.15, -0.1) is 0 Å². The fraction of sp³-hybridized carbons (Fsp3) is 0.176. The fourth-order valence-corrected chi connectivity index (χ4v) is 2.39. The van der Waals surface area contributed by atoms with Gasteiger partial charge < -0.3 is 14.8 Å². The minimum atomic E-state index is -0.365. The summed E-state index contributed by atoms with van der Waals surface area (Å²) in [6.07, 6.45) is 1.67. The Morgan fingerprint density at radius 2 is 1.96 bits per heavy atom. The first-order valence-corrected chi connectivity index (χ1v) is 7.10. The second-order valence-electron chi connectivity index (χ2n) is 5.12. The van der Waals surface area contributed by atoms with Crippen molar-refractivity contribution >= 4 is 22.6 Å². The molecule has 0 bridgehead atoms. The Labute approximate surface area is 133 Å². The van der Waals surface area contributed by atoms with E-state index in [1.807, 2.05) is 25.1 Å². The zero-order valence-corrected chi connectivity index (χ0v) is 13.2. The van der Waals surface area contributed by atoms with E-state index in [4.69, 9.17) is 9.47 Å². The second kappa shape index (κ2) is 6.00. The van der Waals surface area contributed by atoms with E-state index in [-0.39, 0.29) is 6.03 Å². The standard InChI is InChI=1S/C17H17N3O3/c1-11-4-6-15-12(8-11)10-18-20(15)17(21)19-14-9-13(22-2)5-7-16(14)23-3/h4-10H,1-3H3,(H,19,21). The zero-order valence-electron chi connectivity index (χ0n) is 13.2. The molecule has 2 aromatic carbocycles. The number of aryl methyl sites for hydroxylation is 1. The summed E-state index contributed by atoms with van der Waals surface area (Å²) in [5, 5.41) is 7.88. The summed E-state index contributed by atoms with van der Waals surface area (Å²) in [4.78, 5) is 12.5. The molecule has 0 aliphatic heterocycles. The second-order valence-corrected chi connectivity index (χ2v) is 5.12. The molecule has 3 rings (SSSR count). The van der Waals surface area contributed by atoms with Gasteiger partial charge in [0.15, 0.2) is 0 Å². The third kappa shape index (κ3) is 2.83. The molecule has 0 aliphatic rings. The third-order valence-corrected chi connectivity index (χ3v) is 3.56. The maximum Gasteiger partial charge on any atom is 0.347 e. The van der Waals surface area contributed by atoms with Crippen LogP contribution in [0.3, 0.4) is 0 Å². The predicted molar refractivity (Wildman–Crippen MR) is 88.4 cm³/mol. The van der Waals surface area contributed by atoms with Crippen molar-refractivity contribution in [2.24, 2.45) is 0 Å². The van der Waals surface area contributed by atoms with Crippen LogP contribution in [0.15, 0.2) is 42.6 Å². The van der Waals surface area contributed by atoms with Gasteiger partial charge in [0, 0.05) is 11.5 Å². The Kier molecular flexibility index (Phi) is 3.89. The van der Waals surface area contributed by atoms with Crippen molar-refractivity contribution in [3.05, 3.63) is 48.2 Å². The lowest BCUT2D eigenvalue weighted by atomic mass is 10.2. The SMILES string of the molecule is COc1ccc(OC)c(NC(=O)n2ncc3cc(C)ccc32)c1. The number of carbonyl (C=O) groups excluding carboxylic acids is 1. The van der Waals surface area contributed by atoms with Gasteiger partial charge in [0.1, 0.15) is 11.5 Å². The van der Waals surface area contributed by atoms with Crippen LogP contribution in [0.4, 0.5) is 10.5 Å². The summed E-state index contributed by atoms with van der Waals surface area (Å²) in [6, 6.07) is 10.6. The molecule has 0 saturated heterocycles. The monoisotopic (exact) mass is 311 g/mol. The summed E-state index contributed by atoms with van der Waals surface area (Å²) >= 11 is 0. The van der Waals surface area contributed by atoms with Gasteiger partial charge in [-0.2, -0.15) is 9.78 Å². The first kappa shape index (κ1) is 14.9. The molecule has 3 aromatic rings. The number of carbonyl (C=O) groups is 1. The Morgan fingerprint density at radius 1 is 1.13 bits per heavy atom. The molecule has 23 heavy (non-hydrogen) atoms. The lowest BCUT2D eigenvalue weighted by Gasteiger charge is -2.12. The predicted octanol–water partition coefficient (Wildman–Crippen LogP) is 3.44. The quantitative estimate of drug-likeness (QED) is 0.804. The highest BCUT2D eigenvalue weighted by molar-refractivity contribution is 5.98. The highest BCUT2D eigenvalue weighted by atomic mass is 16.5. The number of fused-ring (bicyclic) bond motifs is 1. The van der Waals surface area contributed by atoms with Crippen molar-refractivity contribution in [1.29, 1.82) is 0 Å². The number of amides is 1. The van der Waals surface area contributed by atoms with Crippen LogP contribution in [0.25, 0.3) is 10.9 Å². The first-order valence-electron chi connectivity index (χ1n) is 7.10. The molecule has 1 amide bonds. The van der Waals surface area contributed by atoms with Crippen molar-refractivity contribution in [3.63, 3.8) is 0 Å². The van der Waals surface area contributed by atoms with E-state index in [0.29, 0.717) is 17.2 Å². The number of rotatable bonds is 3. The molecule has 1 N–H and O–H groups in total. The van der Waals surface area contributed by atoms with Crippen molar-refractivity contribution in [2.45, 2.75) is 6.92 Å². The van der Waals surface area contributed by atoms with Crippen LogP contribution in [0, 0.1) is 6.92 Å². The first-order chi connectivity index (χ1) is 11.1. The summed E-state index contributed by atoms with van der Waals surface area (Å²) in [7, 11) is 3.11. The molecule has 0 unspecified atom stereocenters. The van der Waals surface area contributed by atoms with E-state index in [2.05, 4.69) is 10.4 Å². The summed E-state index contributed by atoms with van der Waals surface area (Å²) < 4.78 is 11.8. The average Bonchev–Trinajstić information content (AvgIpc) is 2.97. The normalized spacial score (nSPS) is 10.6. The van der Waals surface area contributed by atoms with E-state index < -0.39 is 0 Å². The lowest BCUT2D eigenvalue weighted by molar-refractivity contribution is 0.251. The molecule has 0 spiro atoms. The van der Waals surface area contributed by atoms with Gasteiger partial charge >= 0.3 is 6.03 Å². The number of nitrogens with zero attached hydrogens (tertiary/aromatic N) is 2. The number of aromatic nitrogens is 2. The Morgan fingerprint density at radius 3 is 2.70 bits per heavy atom. The maximum absolute atomic E-state index is 12.5.